The molecule has 0 saturated carbocycles. The molecule has 0 radical (unpaired) electrons. The third kappa shape index (κ3) is 3.32. The lowest BCUT2D eigenvalue weighted by molar-refractivity contribution is -0.146. The molecule has 1 aliphatic heterocycles. The molecule has 1 heterocycles. The van der Waals surface area contributed by atoms with Gasteiger partial charge in [0, 0.05) is 24.3 Å². The van der Waals surface area contributed by atoms with E-state index in [1.54, 1.807) is 29.2 Å². The molecule has 2 N–H and O–H groups in total. The number of nitrogens with zero attached hydrogens (tertiary/aromatic N) is 1. The number of nitrogens with one attached hydrogen (secondary N) is 1. The van der Waals surface area contributed by atoms with Crippen molar-refractivity contribution in [1.82, 2.24) is 0 Å². The molecular weight excluding hydrogens is 308 g/mol. The molecule has 1 aromatic carbocycles. The van der Waals surface area contributed by atoms with Crippen LogP contribution in [0.1, 0.15) is 25.7 Å². The van der Waals surface area contributed by atoms with Crippen molar-refractivity contribution >= 4 is 29.2 Å². The molecule has 6 heteroatoms. The first kappa shape index (κ1) is 16.2. The van der Waals surface area contributed by atoms with Gasteiger partial charge in [-0.2, -0.15) is 0 Å². The van der Waals surface area contributed by atoms with Crippen LogP contribution >= 0.6 is 0 Å². The van der Waals surface area contributed by atoms with Gasteiger partial charge in [0.05, 0.1) is 11.8 Å². The zero-order valence-corrected chi connectivity index (χ0v) is 13.3. The van der Waals surface area contributed by atoms with E-state index in [1.807, 2.05) is 12.2 Å². The SMILES string of the molecule is O=C(O)[C@H]1CC=CC[C@@H]1C(=O)Nc1ccc(N2CCCC2=O)cc1. The van der Waals surface area contributed by atoms with Crippen molar-refractivity contribution < 1.29 is 19.5 Å². The third-order valence-electron chi connectivity index (χ3n) is 4.61. The first-order valence-corrected chi connectivity index (χ1v) is 8.15. The Morgan fingerprint density at radius 3 is 2.33 bits per heavy atom. The Morgan fingerprint density at radius 1 is 1.08 bits per heavy atom. The van der Waals surface area contributed by atoms with Gasteiger partial charge in [-0.3, -0.25) is 14.4 Å². The minimum Gasteiger partial charge on any atom is -0.481 e. The van der Waals surface area contributed by atoms with Gasteiger partial charge in [0.1, 0.15) is 0 Å². The van der Waals surface area contributed by atoms with Crippen molar-refractivity contribution in [3.05, 3.63) is 36.4 Å². The first-order chi connectivity index (χ1) is 11.6. The first-order valence-electron chi connectivity index (χ1n) is 8.15. The lowest BCUT2D eigenvalue weighted by Gasteiger charge is -2.24. The van der Waals surface area contributed by atoms with Crippen molar-refractivity contribution in [3.63, 3.8) is 0 Å². The van der Waals surface area contributed by atoms with Gasteiger partial charge in [-0.25, -0.2) is 0 Å². The second-order valence-corrected chi connectivity index (χ2v) is 6.18. The van der Waals surface area contributed by atoms with Crippen molar-refractivity contribution in [1.29, 1.82) is 0 Å². The Morgan fingerprint density at radius 2 is 1.75 bits per heavy atom. The molecule has 6 nitrogen and oxygen atoms in total. The molecule has 0 aromatic heterocycles. The molecule has 1 aliphatic carbocycles. The topological polar surface area (TPSA) is 86.7 Å². The lowest BCUT2D eigenvalue weighted by Crippen LogP contribution is -2.34. The van der Waals surface area contributed by atoms with E-state index in [0.29, 0.717) is 24.9 Å². The number of carboxylic acids is 1. The van der Waals surface area contributed by atoms with E-state index in [2.05, 4.69) is 5.32 Å². The number of aliphatic carboxylic acids is 1. The summed E-state index contributed by atoms with van der Waals surface area (Å²) >= 11 is 0. The van der Waals surface area contributed by atoms with Gasteiger partial charge in [0.25, 0.3) is 0 Å². The highest BCUT2D eigenvalue weighted by Gasteiger charge is 2.34. The highest BCUT2D eigenvalue weighted by Crippen LogP contribution is 2.28. The van der Waals surface area contributed by atoms with Crippen LogP contribution in [0.15, 0.2) is 36.4 Å². The molecule has 0 unspecified atom stereocenters. The maximum Gasteiger partial charge on any atom is 0.307 e. The fourth-order valence-corrected chi connectivity index (χ4v) is 3.26. The molecule has 0 bridgehead atoms. The van der Waals surface area contributed by atoms with Gasteiger partial charge in [-0.1, -0.05) is 12.2 Å². The summed E-state index contributed by atoms with van der Waals surface area (Å²) in [5.74, 6) is -2.35. The minimum absolute atomic E-state index is 0.116. The number of amides is 2. The normalized spacial score (nSPS) is 23.3. The summed E-state index contributed by atoms with van der Waals surface area (Å²) < 4.78 is 0. The summed E-state index contributed by atoms with van der Waals surface area (Å²) in [6.45, 7) is 0.721. The van der Waals surface area contributed by atoms with Crippen LogP contribution in [0.5, 0.6) is 0 Å². The maximum atomic E-state index is 12.4. The predicted octanol–water partition coefficient (Wildman–Crippen LogP) is 2.42. The van der Waals surface area contributed by atoms with Crippen LogP contribution in [0.4, 0.5) is 11.4 Å². The van der Waals surface area contributed by atoms with Gasteiger partial charge in [0.15, 0.2) is 0 Å². The fraction of sp³-hybridized carbons (Fsp3) is 0.389. The molecule has 126 valence electrons. The number of benzene rings is 1. The fourth-order valence-electron chi connectivity index (χ4n) is 3.26. The average molecular weight is 328 g/mol. The van der Waals surface area contributed by atoms with E-state index in [9.17, 15) is 19.5 Å². The van der Waals surface area contributed by atoms with Gasteiger partial charge < -0.3 is 15.3 Å². The Kier molecular flexibility index (Phi) is 4.64. The van der Waals surface area contributed by atoms with Crippen LogP contribution in [0.2, 0.25) is 0 Å². The number of hydrogen-bond donors (Lipinski definition) is 2. The van der Waals surface area contributed by atoms with E-state index in [1.165, 1.54) is 0 Å². The summed E-state index contributed by atoms with van der Waals surface area (Å²) in [6.07, 6.45) is 5.91. The van der Waals surface area contributed by atoms with Crippen LogP contribution in [0.25, 0.3) is 0 Å². The standard InChI is InChI=1S/C18H20N2O4/c21-16-6-3-11-20(16)13-9-7-12(8-10-13)19-17(22)14-4-1-2-5-15(14)18(23)24/h1-2,7-10,14-15H,3-6,11H2,(H,19,22)(H,23,24)/t14-,15-/m0/s1. The summed E-state index contributed by atoms with van der Waals surface area (Å²) in [4.78, 5) is 37.2. The van der Waals surface area contributed by atoms with Crippen molar-refractivity contribution in [2.45, 2.75) is 25.7 Å². The molecule has 1 fully saturated rings. The number of allylic oxidation sites excluding steroid dienone is 2. The zero-order chi connectivity index (χ0) is 17.1. The Bertz CT molecular complexity index is 681. The van der Waals surface area contributed by atoms with E-state index in [4.69, 9.17) is 0 Å². The second kappa shape index (κ2) is 6.86. The number of hydrogen-bond acceptors (Lipinski definition) is 3. The highest BCUT2D eigenvalue weighted by atomic mass is 16.4. The molecule has 24 heavy (non-hydrogen) atoms. The smallest absolute Gasteiger partial charge is 0.307 e. The Balaban J connectivity index is 1.67. The van der Waals surface area contributed by atoms with Gasteiger partial charge in [-0.05, 0) is 43.5 Å². The minimum atomic E-state index is -0.942. The molecule has 2 atom stereocenters. The Labute approximate surface area is 140 Å². The number of carbonyl (C=O) groups is 3. The molecule has 2 aliphatic rings. The zero-order valence-electron chi connectivity index (χ0n) is 13.3. The van der Waals surface area contributed by atoms with E-state index < -0.39 is 17.8 Å². The van der Waals surface area contributed by atoms with E-state index in [-0.39, 0.29) is 11.8 Å². The van der Waals surface area contributed by atoms with Crippen molar-refractivity contribution in [3.8, 4) is 0 Å². The summed E-state index contributed by atoms with van der Waals surface area (Å²) in [7, 11) is 0. The molecule has 0 spiro atoms. The summed E-state index contributed by atoms with van der Waals surface area (Å²) in [5.41, 5.74) is 1.42. The number of carboxylic acid groups (broad SMARTS) is 1. The van der Waals surface area contributed by atoms with Gasteiger partial charge >= 0.3 is 5.97 Å². The van der Waals surface area contributed by atoms with Crippen LogP contribution in [0.3, 0.4) is 0 Å². The maximum absolute atomic E-state index is 12.4. The largest absolute Gasteiger partial charge is 0.481 e. The lowest BCUT2D eigenvalue weighted by atomic mass is 9.82. The predicted molar refractivity (Wildman–Crippen MR) is 89.6 cm³/mol. The third-order valence-corrected chi connectivity index (χ3v) is 4.61. The monoisotopic (exact) mass is 328 g/mol. The van der Waals surface area contributed by atoms with Crippen LogP contribution < -0.4 is 10.2 Å². The summed E-state index contributed by atoms with van der Waals surface area (Å²) in [5, 5.41) is 12.0. The highest BCUT2D eigenvalue weighted by molar-refractivity contribution is 5.97. The average Bonchev–Trinajstić information content (AvgIpc) is 3.01. The quantitative estimate of drug-likeness (QED) is 0.831. The molecule has 1 aromatic rings. The molecular formula is C18H20N2O4. The molecule has 1 saturated heterocycles. The van der Waals surface area contributed by atoms with Gasteiger partial charge in [0.2, 0.25) is 11.8 Å². The van der Waals surface area contributed by atoms with Crippen LogP contribution in [-0.4, -0.2) is 29.4 Å². The van der Waals surface area contributed by atoms with Gasteiger partial charge in [-0.15, -0.1) is 0 Å². The van der Waals surface area contributed by atoms with Crippen LogP contribution in [0, 0.1) is 11.8 Å². The second-order valence-electron chi connectivity index (χ2n) is 6.18. The van der Waals surface area contributed by atoms with E-state index >= 15 is 0 Å². The molecule has 2 amide bonds. The van der Waals surface area contributed by atoms with Crippen molar-refractivity contribution in [2.24, 2.45) is 11.8 Å². The summed E-state index contributed by atoms with van der Waals surface area (Å²) in [6, 6.07) is 7.09. The Hall–Kier alpha value is -2.63. The van der Waals surface area contributed by atoms with Crippen LogP contribution in [-0.2, 0) is 14.4 Å². The number of carbonyl (C=O) groups excluding carboxylic acids is 2. The van der Waals surface area contributed by atoms with Crippen molar-refractivity contribution in [2.75, 3.05) is 16.8 Å². The number of rotatable bonds is 4. The number of anilines is 2. The van der Waals surface area contributed by atoms with E-state index in [0.717, 1.165) is 18.7 Å². The molecule has 3 rings (SSSR count).